The molecule has 2 atom stereocenters. The van der Waals surface area contributed by atoms with Crippen molar-refractivity contribution >= 4 is 10.0 Å². The Labute approximate surface area is 121 Å². The van der Waals surface area contributed by atoms with E-state index in [0.717, 1.165) is 25.0 Å². The van der Waals surface area contributed by atoms with Crippen LogP contribution >= 0.6 is 0 Å². The molecule has 0 aromatic carbocycles. The summed E-state index contributed by atoms with van der Waals surface area (Å²) >= 11 is 0. The normalized spacial score (nSPS) is 23.9. The van der Waals surface area contributed by atoms with Crippen LogP contribution in [-0.2, 0) is 23.6 Å². The average molecular weight is 299 g/mol. The lowest BCUT2D eigenvalue weighted by Gasteiger charge is -2.29. The molecule has 0 amide bonds. The zero-order chi connectivity index (χ0) is 14.8. The molecule has 5 nitrogen and oxygen atoms in total. The molecule has 0 saturated heterocycles. The number of nitrogens with one attached hydrogen (secondary N) is 2. The second-order valence-corrected chi connectivity index (χ2v) is 7.51. The second-order valence-electron chi connectivity index (χ2n) is 5.80. The van der Waals surface area contributed by atoms with Crippen molar-refractivity contribution in [2.45, 2.75) is 50.1 Å². The fraction of sp³-hybridized carbons (Fsp3) is 0.714. The van der Waals surface area contributed by atoms with Gasteiger partial charge in [0.25, 0.3) is 0 Å². The molecule has 0 spiro atoms. The summed E-state index contributed by atoms with van der Waals surface area (Å²) in [6.07, 6.45) is 6.04. The average Bonchev–Trinajstić information content (AvgIpc) is 2.75. The van der Waals surface area contributed by atoms with E-state index < -0.39 is 10.0 Å². The van der Waals surface area contributed by atoms with Gasteiger partial charge in [-0.3, -0.25) is 0 Å². The van der Waals surface area contributed by atoms with Gasteiger partial charge in [0.15, 0.2) is 0 Å². The first-order valence-electron chi connectivity index (χ1n) is 7.26. The van der Waals surface area contributed by atoms with Crippen LogP contribution in [0.15, 0.2) is 17.2 Å². The minimum Gasteiger partial charge on any atom is -0.352 e. The van der Waals surface area contributed by atoms with E-state index in [-0.39, 0.29) is 6.04 Å². The van der Waals surface area contributed by atoms with E-state index in [1.165, 1.54) is 6.42 Å². The van der Waals surface area contributed by atoms with Crippen molar-refractivity contribution in [1.82, 2.24) is 14.6 Å². The molecule has 1 fully saturated rings. The van der Waals surface area contributed by atoms with Gasteiger partial charge in [-0.25, -0.2) is 13.1 Å². The summed E-state index contributed by atoms with van der Waals surface area (Å²) in [7, 11) is 0.309. The van der Waals surface area contributed by atoms with Crippen LogP contribution in [-0.4, -0.2) is 26.1 Å². The molecule has 1 aliphatic rings. The Kier molecular flexibility index (Phi) is 4.88. The molecule has 0 bridgehead atoms. The fourth-order valence-electron chi connectivity index (χ4n) is 2.84. The maximum atomic E-state index is 12.5. The maximum Gasteiger partial charge on any atom is 0.242 e. The Morgan fingerprint density at radius 2 is 2.05 bits per heavy atom. The van der Waals surface area contributed by atoms with Gasteiger partial charge < -0.3 is 9.88 Å². The number of nitrogens with zero attached hydrogens (tertiary/aromatic N) is 1. The summed E-state index contributed by atoms with van der Waals surface area (Å²) in [5.74, 6) is 0.416. The third-order valence-corrected chi connectivity index (χ3v) is 5.63. The molecule has 1 aliphatic carbocycles. The summed E-state index contributed by atoms with van der Waals surface area (Å²) in [5, 5.41) is 3.04. The number of rotatable bonds is 5. The molecule has 1 aromatic heterocycles. The molecule has 1 saturated carbocycles. The molecule has 2 rings (SSSR count). The molecule has 2 N–H and O–H groups in total. The van der Waals surface area contributed by atoms with Crippen molar-refractivity contribution in [3.05, 3.63) is 18.0 Å². The third-order valence-electron chi connectivity index (χ3n) is 4.17. The molecular weight excluding hydrogens is 274 g/mol. The predicted octanol–water partition coefficient (Wildman–Crippen LogP) is 1.60. The van der Waals surface area contributed by atoms with Crippen molar-refractivity contribution in [3.8, 4) is 0 Å². The standard InChI is InChI=1S/C14H25N3O2S/c1-11-6-4-5-7-14(11)16-20(18,19)13-8-12(9-15-2)17(3)10-13/h8,10-11,14-16H,4-7,9H2,1-3H3. The monoisotopic (exact) mass is 299 g/mol. The molecule has 0 radical (unpaired) electrons. The van der Waals surface area contributed by atoms with Gasteiger partial charge in [0, 0.05) is 31.5 Å². The van der Waals surface area contributed by atoms with Crippen LogP contribution in [0.2, 0.25) is 0 Å². The van der Waals surface area contributed by atoms with E-state index in [2.05, 4.69) is 17.0 Å². The topological polar surface area (TPSA) is 63.1 Å². The van der Waals surface area contributed by atoms with Gasteiger partial charge in [-0.1, -0.05) is 19.8 Å². The first-order chi connectivity index (χ1) is 9.44. The van der Waals surface area contributed by atoms with E-state index >= 15 is 0 Å². The Balaban J connectivity index is 2.15. The summed E-state index contributed by atoms with van der Waals surface area (Å²) < 4.78 is 29.7. The van der Waals surface area contributed by atoms with Gasteiger partial charge in [0.1, 0.15) is 0 Å². The Morgan fingerprint density at radius 1 is 1.35 bits per heavy atom. The van der Waals surface area contributed by atoms with Crippen molar-refractivity contribution in [2.75, 3.05) is 7.05 Å². The zero-order valence-electron chi connectivity index (χ0n) is 12.5. The quantitative estimate of drug-likeness (QED) is 0.868. The highest BCUT2D eigenvalue weighted by Gasteiger charge is 2.27. The SMILES string of the molecule is CNCc1cc(S(=O)(=O)NC2CCCCC2C)cn1C. The Hall–Kier alpha value is -0.850. The Morgan fingerprint density at radius 3 is 2.70 bits per heavy atom. The number of hydrogen-bond acceptors (Lipinski definition) is 3. The third kappa shape index (κ3) is 3.42. The molecule has 114 valence electrons. The van der Waals surface area contributed by atoms with Crippen molar-refractivity contribution in [1.29, 1.82) is 0 Å². The first-order valence-corrected chi connectivity index (χ1v) is 8.74. The lowest BCUT2D eigenvalue weighted by atomic mass is 9.87. The van der Waals surface area contributed by atoms with E-state index in [1.54, 1.807) is 12.3 Å². The van der Waals surface area contributed by atoms with Crippen LogP contribution in [0.3, 0.4) is 0 Å². The minimum atomic E-state index is -3.41. The van der Waals surface area contributed by atoms with Crippen molar-refractivity contribution < 1.29 is 8.42 Å². The van der Waals surface area contributed by atoms with E-state index in [9.17, 15) is 8.42 Å². The van der Waals surface area contributed by atoms with Crippen LogP contribution < -0.4 is 10.0 Å². The van der Waals surface area contributed by atoms with Crippen LogP contribution in [0, 0.1) is 5.92 Å². The van der Waals surface area contributed by atoms with Gasteiger partial charge in [0.2, 0.25) is 10.0 Å². The summed E-state index contributed by atoms with van der Waals surface area (Å²) in [6, 6.07) is 1.81. The van der Waals surface area contributed by atoms with Crippen LogP contribution in [0.1, 0.15) is 38.3 Å². The summed E-state index contributed by atoms with van der Waals surface area (Å²) in [4.78, 5) is 0.364. The van der Waals surface area contributed by atoms with Crippen molar-refractivity contribution in [3.63, 3.8) is 0 Å². The number of sulfonamides is 1. The van der Waals surface area contributed by atoms with E-state index in [0.29, 0.717) is 17.4 Å². The highest BCUT2D eigenvalue weighted by Crippen LogP contribution is 2.25. The molecule has 6 heteroatoms. The van der Waals surface area contributed by atoms with Gasteiger partial charge >= 0.3 is 0 Å². The smallest absolute Gasteiger partial charge is 0.242 e. The molecule has 20 heavy (non-hydrogen) atoms. The molecule has 1 heterocycles. The number of aryl methyl sites for hydroxylation is 1. The van der Waals surface area contributed by atoms with E-state index in [4.69, 9.17) is 0 Å². The van der Waals surface area contributed by atoms with Crippen LogP contribution in [0.25, 0.3) is 0 Å². The molecule has 0 aliphatic heterocycles. The zero-order valence-corrected chi connectivity index (χ0v) is 13.3. The second kappa shape index (κ2) is 6.28. The van der Waals surface area contributed by atoms with Crippen molar-refractivity contribution in [2.24, 2.45) is 13.0 Å². The Bertz CT molecular complexity index is 551. The highest BCUT2D eigenvalue weighted by molar-refractivity contribution is 7.89. The number of aromatic nitrogens is 1. The lowest BCUT2D eigenvalue weighted by molar-refractivity contribution is 0.310. The highest BCUT2D eigenvalue weighted by atomic mass is 32.2. The predicted molar refractivity (Wildman–Crippen MR) is 79.9 cm³/mol. The van der Waals surface area contributed by atoms with Gasteiger partial charge in [0.05, 0.1) is 4.90 Å². The van der Waals surface area contributed by atoms with E-state index in [1.807, 2.05) is 18.7 Å². The maximum absolute atomic E-state index is 12.5. The van der Waals surface area contributed by atoms with Gasteiger partial charge in [-0.05, 0) is 31.9 Å². The minimum absolute atomic E-state index is 0.0710. The first kappa shape index (κ1) is 15.5. The van der Waals surface area contributed by atoms with Crippen LogP contribution in [0.5, 0.6) is 0 Å². The van der Waals surface area contributed by atoms with Gasteiger partial charge in [-0.2, -0.15) is 0 Å². The molecular formula is C14H25N3O2S. The summed E-state index contributed by atoms with van der Waals surface area (Å²) in [6.45, 7) is 2.79. The number of hydrogen-bond donors (Lipinski definition) is 2. The largest absolute Gasteiger partial charge is 0.352 e. The molecule has 2 unspecified atom stereocenters. The fourth-order valence-corrected chi connectivity index (χ4v) is 4.31. The lowest BCUT2D eigenvalue weighted by Crippen LogP contribution is -2.40. The summed E-state index contributed by atoms with van der Waals surface area (Å²) in [5.41, 5.74) is 0.963. The van der Waals surface area contributed by atoms with Gasteiger partial charge in [-0.15, -0.1) is 0 Å². The molecule has 1 aromatic rings. The van der Waals surface area contributed by atoms with Crippen LogP contribution in [0.4, 0.5) is 0 Å².